The molecule has 1 aromatic carbocycles. The van der Waals surface area contributed by atoms with Gasteiger partial charge in [0.1, 0.15) is 6.54 Å². The molecule has 0 aliphatic heterocycles. The van der Waals surface area contributed by atoms with Crippen molar-refractivity contribution in [2.24, 2.45) is 0 Å². The monoisotopic (exact) mass is 235 g/mol. The van der Waals surface area contributed by atoms with Gasteiger partial charge in [0.15, 0.2) is 0 Å². The van der Waals surface area contributed by atoms with E-state index in [9.17, 15) is 9.59 Å². The molecule has 0 aliphatic rings. The summed E-state index contributed by atoms with van der Waals surface area (Å²) >= 11 is 0. The number of esters is 1. The van der Waals surface area contributed by atoms with Crippen molar-refractivity contribution in [1.82, 2.24) is 9.55 Å². The number of H-pyrrole nitrogens is 1. The van der Waals surface area contributed by atoms with Gasteiger partial charge in [-0.15, -0.1) is 0 Å². The molecule has 90 valence electrons. The molecule has 0 saturated heterocycles. The lowest BCUT2D eigenvalue weighted by Gasteiger charge is -2.03. The van der Waals surface area contributed by atoms with E-state index >= 15 is 0 Å². The molecule has 1 heterocycles. The Kier molecular flexibility index (Phi) is 2.86. The molecule has 0 aliphatic carbocycles. The molecular weight excluding hydrogens is 222 g/mol. The number of nitrogens with zero attached hydrogens (tertiary/aromatic N) is 1. The number of nitrogens with one attached hydrogen (secondary N) is 1. The van der Waals surface area contributed by atoms with Gasteiger partial charge in [-0.05, 0) is 25.1 Å². The van der Waals surface area contributed by atoms with Crippen molar-refractivity contribution in [1.29, 1.82) is 0 Å². The van der Waals surface area contributed by atoms with E-state index in [1.165, 1.54) is 4.57 Å². The number of hydrogen-bond acceptors (Lipinski definition) is 4. The molecule has 0 spiro atoms. The third-order valence-corrected chi connectivity index (χ3v) is 2.39. The van der Waals surface area contributed by atoms with E-state index in [4.69, 9.17) is 10.5 Å². The van der Waals surface area contributed by atoms with Gasteiger partial charge in [-0.25, -0.2) is 4.79 Å². The highest BCUT2D eigenvalue weighted by Crippen LogP contribution is 2.14. The molecule has 0 radical (unpaired) electrons. The minimum Gasteiger partial charge on any atom is -0.465 e. The number of benzene rings is 1. The van der Waals surface area contributed by atoms with E-state index in [1.807, 2.05) is 0 Å². The van der Waals surface area contributed by atoms with E-state index in [0.29, 0.717) is 16.7 Å². The predicted molar refractivity (Wildman–Crippen MR) is 63.6 cm³/mol. The molecule has 0 amide bonds. The average Bonchev–Trinajstić information content (AvgIpc) is 2.56. The van der Waals surface area contributed by atoms with Crippen LogP contribution in [-0.4, -0.2) is 22.1 Å². The molecular formula is C11H13N3O3. The van der Waals surface area contributed by atoms with Crippen molar-refractivity contribution in [3.63, 3.8) is 0 Å². The topological polar surface area (TPSA) is 90.1 Å². The Hall–Kier alpha value is -2.24. The van der Waals surface area contributed by atoms with Gasteiger partial charge in [-0.2, -0.15) is 0 Å². The summed E-state index contributed by atoms with van der Waals surface area (Å²) < 4.78 is 6.11. The molecule has 17 heavy (non-hydrogen) atoms. The number of nitrogen functional groups attached to an aromatic ring is 1. The van der Waals surface area contributed by atoms with E-state index in [2.05, 4.69) is 4.98 Å². The normalized spacial score (nSPS) is 10.6. The minimum atomic E-state index is -0.446. The molecule has 1 aromatic heterocycles. The summed E-state index contributed by atoms with van der Waals surface area (Å²) in [4.78, 5) is 25.7. The standard InChI is InChI=1S/C11H13N3O3/c1-2-17-10(15)6-14-9-5-7(12)3-4-8(9)13-11(14)16/h3-5H,2,6,12H2,1H3,(H,13,16). The third-order valence-electron chi connectivity index (χ3n) is 2.39. The zero-order chi connectivity index (χ0) is 12.4. The average molecular weight is 235 g/mol. The summed E-state index contributed by atoms with van der Waals surface area (Å²) in [6.45, 7) is 1.89. The molecule has 3 N–H and O–H groups in total. The van der Waals surface area contributed by atoms with E-state index in [0.717, 1.165) is 0 Å². The van der Waals surface area contributed by atoms with Gasteiger partial charge in [0, 0.05) is 5.69 Å². The van der Waals surface area contributed by atoms with Crippen LogP contribution in [0.4, 0.5) is 5.69 Å². The second kappa shape index (κ2) is 4.32. The van der Waals surface area contributed by atoms with Crippen molar-refractivity contribution in [3.8, 4) is 0 Å². The van der Waals surface area contributed by atoms with Crippen LogP contribution >= 0.6 is 0 Å². The van der Waals surface area contributed by atoms with Gasteiger partial charge in [-0.1, -0.05) is 0 Å². The van der Waals surface area contributed by atoms with Crippen LogP contribution in [0.15, 0.2) is 23.0 Å². The Morgan fingerprint density at radius 2 is 2.29 bits per heavy atom. The largest absolute Gasteiger partial charge is 0.465 e. The number of anilines is 1. The first-order valence-corrected chi connectivity index (χ1v) is 5.25. The number of fused-ring (bicyclic) bond motifs is 1. The molecule has 6 heteroatoms. The highest BCUT2D eigenvalue weighted by atomic mass is 16.5. The van der Waals surface area contributed by atoms with Gasteiger partial charge >= 0.3 is 11.7 Å². The predicted octanol–water partition coefficient (Wildman–Crippen LogP) is 0.475. The van der Waals surface area contributed by atoms with Gasteiger partial charge in [0.2, 0.25) is 0 Å². The summed E-state index contributed by atoms with van der Waals surface area (Å²) in [6.07, 6.45) is 0. The molecule has 0 saturated carbocycles. The zero-order valence-corrected chi connectivity index (χ0v) is 9.40. The number of carbonyl (C=O) groups excluding carboxylic acids is 1. The molecule has 0 fully saturated rings. The summed E-state index contributed by atoms with van der Waals surface area (Å²) in [5.74, 6) is -0.446. The number of aromatic nitrogens is 2. The Bertz CT molecular complexity index is 612. The Morgan fingerprint density at radius 3 is 3.00 bits per heavy atom. The summed E-state index contributed by atoms with van der Waals surface area (Å²) in [5.41, 5.74) is 7.08. The molecule has 2 rings (SSSR count). The SMILES string of the molecule is CCOC(=O)Cn1c(=O)[nH]c2ccc(N)cc21. The lowest BCUT2D eigenvalue weighted by atomic mass is 10.3. The van der Waals surface area contributed by atoms with E-state index in [-0.39, 0.29) is 18.8 Å². The van der Waals surface area contributed by atoms with Crippen LogP contribution in [0, 0.1) is 0 Å². The second-order valence-electron chi connectivity index (χ2n) is 3.60. The summed E-state index contributed by atoms with van der Waals surface area (Å²) in [5, 5.41) is 0. The van der Waals surface area contributed by atoms with Crippen molar-refractivity contribution in [2.75, 3.05) is 12.3 Å². The fourth-order valence-electron chi connectivity index (χ4n) is 1.66. The van der Waals surface area contributed by atoms with Crippen LogP contribution < -0.4 is 11.4 Å². The molecule has 0 bridgehead atoms. The fraction of sp³-hybridized carbons (Fsp3) is 0.273. The smallest absolute Gasteiger partial charge is 0.327 e. The minimum absolute atomic E-state index is 0.115. The van der Waals surface area contributed by atoms with Crippen molar-refractivity contribution in [3.05, 3.63) is 28.7 Å². The quantitative estimate of drug-likeness (QED) is 0.598. The fourth-order valence-corrected chi connectivity index (χ4v) is 1.66. The van der Waals surface area contributed by atoms with Gasteiger partial charge in [0.25, 0.3) is 0 Å². The molecule has 0 unspecified atom stereocenters. The number of hydrogen-bond donors (Lipinski definition) is 2. The van der Waals surface area contributed by atoms with Gasteiger partial charge in [0.05, 0.1) is 17.6 Å². The van der Waals surface area contributed by atoms with Crippen LogP contribution in [0.25, 0.3) is 11.0 Å². The summed E-state index contributed by atoms with van der Waals surface area (Å²) in [7, 11) is 0. The van der Waals surface area contributed by atoms with Crippen molar-refractivity contribution in [2.45, 2.75) is 13.5 Å². The lowest BCUT2D eigenvalue weighted by Crippen LogP contribution is -2.23. The van der Waals surface area contributed by atoms with Crippen LogP contribution in [0.3, 0.4) is 0 Å². The lowest BCUT2D eigenvalue weighted by molar-refractivity contribution is -0.143. The Balaban J connectivity index is 2.45. The van der Waals surface area contributed by atoms with Crippen LogP contribution in [0.2, 0.25) is 0 Å². The van der Waals surface area contributed by atoms with Crippen LogP contribution in [-0.2, 0) is 16.1 Å². The third kappa shape index (κ3) is 2.15. The zero-order valence-electron chi connectivity index (χ0n) is 9.40. The first kappa shape index (κ1) is 11.3. The highest BCUT2D eigenvalue weighted by Gasteiger charge is 2.11. The molecule has 2 aromatic rings. The first-order valence-electron chi connectivity index (χ1n) is 5.25. The molecule has 0 atom stereocenters. The second-order valence-corrected chi connectivity index (χ2v) is 3.60. The van der Waals surface area contributed by atoms with E-state index < -0.39 is 5.97 Å². The number of ether oxygens (including phenoxy) is 1. The summed E-state index contributed by atoms with van der Waals surface area (Å²) in [6, 6.07) is 5.03. The number of carbonyl (C=O) groups is 1. The number of aromatic amines is 1. The maximum Gasteiger partial charge on any atom is 0.327 e. The number of nitrogens with two attached hydrogens (primary N) is 1. The van der Waals surface area contributed by atoms with Gasteiger partial charge in [-0.3, -0.25) is 9.36 Å². The molecule has 6 nitrogen and oxygen atoms in total. The first-order chi connectivity index (χ1) is 8.11. The van der Waals surface area contributed by atoms with Crippen LogP contribution in [0.5, 0.6) is 0 Å². The van der Waals surface area contributed by atoms with Crippen molar-refractivity contribution >= 4 is 22.7 Å². The van der Waals surface area contributed by atoms with Gasteiger partial charge < -0.3 is 15.5 Å². The number of imidazole rings is 1. The Morgan fingerprint density at radius 1 is 1.53 bits per heavy atom. The maximum absolute atomic E-state index is 11.6. The van der Waals surface area contributed by atoms with E-state index in [1.54, 1.807) is 25.1 Å². The maximum atomic E-state index is 11.6. The van der Waals surface area contributed by atoms with Crippen LogP contribution in [0.1, 0.15) is 6.92 Å². The number of rotatable bonds is 3. The Labute approximate surface area is 97.0 Å². The highest BCUT2D eigenvalue weighted by molar-refractivity contribution is 5.80. The van der Waals surface area contributed by atoms with Crippen molar-refractivity contribution < 1.29 is 9.53 Å².